The molecule has 0 saturated carbocycles. The van der Waals surface area contributed by atoms with Crippen molar-refractivity contribution in [2.45, 2.75) is 5.16 Å². The highest BCUT2D eigenvalue weighted by Gasteiger charge is 2.15. The Morgan fingerprint density at radius 3 is 2.84 bits per heavy atom. The van der Waals surface area contributed by atoms with Gasteiger partial charge in [0.05, 0.1) is 15.9 Å². The van der Waals surface area contributed by atoms with E-state index < -0.39 is 17.6 Å². The topological polar surface area (TPSA) is 68.0 Å². The summed E-state index contributed by atoms with van der Waals surface area (Å²) < 4.78 is 28.4. The number of hydrogen-bond donors (Lipinski definition) is 1. The molecule has 2 rings (SSSR count). The molecule has 0 bridgehead atoms. The summed E-state index contributed by atoms with van der Waals surface area (Å²) in [6, 6.07) is 1.96. The van der Waals surface area contributed by atoms with Gasteiger partial charge in [0.25, 0.3) is 0 Å². The zero-order chi connectivity index (χ0) is 14.0. The van der Waals surface area contributed by atoms with E-state index in [4.69, 9.17) is 5.11 Å². The average Bonchev–Trinajstić information content (AvgIpc) is 2.79. The second-order valence-electron chi connectivity index (χ2n) is 3.38. The number of halogens is 3. The van der Waals surface area contributed by atoms with Gasteiger partial charge in [-0.05, 0) is 22.0 Å². The SMILES string of the molecule is O=C(O)CSc1nncn1-c1cc(F)c(Br)cc1F. The van der Waals surface area contributed by atoms with Crippen molar-refractivity contribution in [1.29, 1.82) is 0 Å². The molecule has 1 heterocycles. The Labute approximate surface area is 118 Å². The highest BCUT2D eigenvalue weighted by atomic mass is 79.9. The molecule has 0 radical (unpaired) electrons. The van der Waals surface area contributed by atoms with Gasteiger partial charge in [0.1, 0.15) is 18.0 Å². The van der Waals surface area contributed by atoms with Crippen molar-refractivity contribution in [3.8, 4) is 5.69 Å². The van der Waals surface area contributed by atoms with Gasteiger partial charge in [-0.2, -0.15) is 0 Å². The summed E-state index contributed by atoms with van der Waals surface area (Å²) in [5.41, 5.74) is -0.0846. The average molecular weight is 350 g/mol. The summed E-state index contributed by atoms with van der Waals surface area (Å²) in [6.07, 6.45) is 1.19. The molecule has 0 aliphatic rings. The molecule has 5 nitrogen and oxygen atoms in total. The quantitative estimate of drug-likeness (QED) is 0.678. The van der Waals surface area contributed by atoms with E-state index in [9.17, 15) is 13.6 Å². The number of thioether (sulfide) groups is 1. The van der Waals surface area contributed by atoms with Crippen molar-refractivity contribution in [2.75, 3.05) is 5.75 Å². The molecule has 0 saturated heterocycles. The fourth-order valence-corrected chi connectivity index (χ4v) is 2.27. The lowest BCUT2D eigenvalue weighted by molar-refractivity contribution is -0.133. The van der Waals surface area contributed by atoms with Crippen molar-refractivity contribution in [3.05, 3.63) is 34.6 Å². The normalized spacial score (nSPS) is 10.7. The smallest absolute Gasteiger partial charge is 0.313 e. The van der Waals surface area contributed by atoms with Gasteiger partial charge in [-0.25, -0.2) is 8.78 Å². The van der Waals surface area contributed by atoms with Gasteiger partial charge < -0.3 is 5.11 Å². The number of hydrogen-bond acceptors (Lipinski definition) is 4. The van der Waals surface area contributed by atoms with E-state index in [0.717, 1.165) is 23.9 Å². The fourth-order valence-electron chi connectivity index (χ4n) is 1.31. The maximum Gasteiger partial charge on any atom is 0.313 e. The van der Waals surface area contributed by atoms with E-state index in [2.05, 4.69) is 26.1 Å². The lowest BCUT2D eigenvalue weighted by Gasteiger charge is -2.07. The van der Waals surface area contributed by atoms with Crippen LogP contribution >= 0.6 is 27.7 Å². The standard InChI is InChI=1S/C10H6BrF2N3O2S/c11-5-1-7(13)8(2-6(5)12)16-4-14-15-10(16)19-3-9(17)18/h1-2,4H,3H2,(H,17,18). The molecule has 1 aromatic heterocycles. The number of carboxylic acid groups (broad SMARTS) is 1. The molecular weight excluding hydrogens is 344 g/mol. The van der Waals surface area contributed by atoms with Crippen molar-refractivity contribution in [1.82, 2.24) is 14.8 Å². The van der Waals surface area contributed by atoms with Crippen molar-refractivity contribution >= 4 is 33.7 Å². The monoisotopic (exact) mass is 349 g/mol. The molecule has 19 heavy (non-hydrogen) atoms. The summed E-state index contributed by atoms with van der Waals surface area (Å²) >= 11 is 3.74. The fraction of sp³-hybridized carbons (Fsp3) is 0.100. The van der Waals surface area contributed by atoms with Crippen LogP contribution in [0.25, 0.3) is 5.69 Å². The van der Waals surface area contributed by atoms with Crippen LogP contribution in [0.5, 0.6) is 0 Å². The second-order valence-corrected chi connectivity index (χ2v) is 5.18. The van der Waals surface area contributed by atoms with E-state index >= 15 is 0 Å². The molecule has 0 aliphatic heterocycles. The van der Waals surface area contributed by atoms with E-state index in [0.29, 0.717) is 0 Å². The Hall–Kier alpha value is -1.48. The first-order valence-corrected chi connectivity index (χ1v) is 6.66. The van der Waals surface area contributed by atoms with Crippen molar-refractivity contribution in [2.24, 2.45) is 0 Å². The van der Waals surface area contributed by atoms with Gasteiger partial charge >= 0.3 is 5.97 Å². The largest absolute Gasteiger partial charge is 0.481 e. The van der Waals surface area contributed by atoms with Crippen LogP contribution in [-0.2, 0) is 4.79 Å². The first-order valence-electron chi connectivity index (χ1n) is 4.88. The van der Waals surface area contributed by atoms with Gasteiger partial charge in [0, 0.05) is 6.07 Å². The molecule has 1 N–H and O–H groups in total. The molecule has 0 aliphatic carbocycles. The number of nitrogens with zero attached hydrogens (tertiary/aromatic N) is 3. The third kappa shape index (κ3) is 3.10. The van der Waals surface area contributed by atoms with Crippen LogP contribution in [0, 0.1) is 11.6 Å². The number of aliphatic carboxylic acids is 1. The summed E-state index contributed by atoms with van der Waals surface area (Å²) in [7, 11) is 0. The molecule has 0 spiro atoms. The Balaban J connectivity index is 2.40. The van der Waals surface area contributed by atoms with Crippen LogP contribution < -0.4 is 0 Å². The summed E-state index contributed by atoms with van der Waals surface area (Å²) in [4.78, 5) is 10.5. The molecule has 1 aromatic carbocycles. The van der Waals surface area contributed by atoms with Crippen LogP contribution in [-0.4, -0.2) is 31.6 Å². The van der Waals surface area contributed by atoms with Crippen LogP contribution in [0.15, 0.2) is 28.1 Å². The van der Waals surface area contributed by atoms with E-state index in [1.54, 1.807) is 0 Å². The maximum absolute atomic E-state index is 13.8. The molecule has 9 heteroatoms. The lowest BCUT2D eigenvalue weighted by atomic mass is 10.3. The van der Waals surface area contributed by atoms with Crippen LogP contribution in [0.2, 0.25) is 0 Å². The van der Waals surface area contributed by atoms with Gasteiger partial charge in [-0.1, -0.05) is 11.8 Å². The maximum atomic E-state index is 13.8. The third-order valence-electron chi connectivity index (χ3n) is 2.09. The number of benzene rings is 1. The molecule has 0 fully saturated rings. The van der Waals surface area contributed by atoms with Gasteiger partial charge in [0.15, 0.2) is 5.16 Å². The van der Waals surface area contributed by atoms with Crippen LogP contribution in [0.3, 0.4) is 0 Å². The number of carboxylic acids is 1. The minimum atomic E-state index is -1.04. The third-order valence-corrected chi connectivity index (χ3v) is 3.63. The lowest BCUT2D eigenvalue weighted by Crippen LogP contribution is -2.03. The molecule has 100 valence electrons. The Morgan fingerprint density at radius 1 is 1.42 bits per heavy atom. The van der Waals surface area contributed by atoms with Crippen molar-refractivity contribution in [3.63, 3.8) is 0 Å². The molecule has 2 aromatic rings. The van der Waals surface area contributed by atoms with Gasteiger partial charge in [-0.15, -0.1) is 10.2 Å². The number of aromatic nitrogens is 3. The van der Waals surface area contributed by atoms with Crippen molar-refractivity contribution < 1.29 is 18.7 Å². The Morgan fingerprint density at radius 2 is 2.16 bits per heavy atom. The first kappa shape index (κ1) is 13.9. The van der Waals surface area contributed by atoms with Gasteiger partial charge in [0.2, 0.25) is 0 Å². The van der Waals surface area contributed by atoms with E-state index in [-0.39, 0.29) is 21.1 Å². The molecular formula is C10H6BrF2N3O2S. The second kappa shape index (κ2) is 5.66. The molecule has 0 amide bonds. The van der Waals surface area contributed by atoms with Gasteiger partial charge in [-0.3, -0.25) is 9.36 Å². The number of carbonyl (C=O) groups is 1. The molecule has 0 atom stereocenters. The predicted octanol–water partition coefficient (Wildman–Crippen LogP) is 2.48. The molecule has 0 unspecified atom stereocenters. The number of rotatable bonds is 4. The Bertz CT molecular complexity index is 635. The highest BCUT2D eigenvalue weighted by Crippen LogP contribution is 2.25. The van der Waals surface area contributed by atoms with Crippen LogP contribution in [0.1, 0.15) is 0 Å². The summed E-state index contributed by atoms with van der Waals surface area (Å²) in [6.45, 7) is 0. The predicted molar refractivity (Wildman–Crippen MR) is 67.3 cm³/mol. The van der Waals surface area contributed by atoms with E-state index in [1.807, 2.05) is 0 Å². The summed E-state index contributed by atoms with van der Waals surface area (Å²) in [5, 5.41) is 16.0. The van der Waals surface area contributed by atoms with E-state index in [1.165, 1.54) is 10.9 Å². The minimum absolute atomic E-state index is 0.00145. The zero-order valence-electron chi connectivity index (χ0n) is 9.18. The summed E-state index contributed by atoms with van der Waals surface area (Å²) in [5.74, 6) is -2.61. The van der Waals surface area contributed by atoms with Crippen LogP contribution in [0.4, 0.5) is 8.78 Å². The highest BCUT2D eigenvalue weighted by molar-refractivity contribution is 9.10. The Kier molecular flexibility index (Phi) is 4.15. The minimum Gasteiger partial charge on any atom is -0.481 e. The first-order chi connectivity index (χ1) is 8.99. The zero-order valence-corrected chi connectivity index (χ0v) is 11.6.